The molecular weight excluding hydrogens is 1130 g/mol. The lowest BCUT2D eigenvalue weighted by molar-refractivity contribution is -0.318. The van der Waals surface area contributed by atoms with Gasteiger partial charge < -0.3 is 93.2 Å². The maximum absolute atomic E-state index is 14.6. The monoisotopic (exact) mass is 1230 g/mol. The molecular formula is C60H96ClN5O19. The van der Waals surface area contributed by atoms with Gasteiger partial charge in [-0.15, -0.1) is 0 Å². The van der Waals surface area contributed by atoms with Crippen LogP contribution in [0.2, 0.25) is 5.02 Å². The van der Waals surface area contributed by atoms with Crippen LogP contribution < -0.4 is 16.1 Å². The number of halogens is 1. The number of pyridine rings is 1. The topological polar surface area (TPSA) is 305 Å². The van der Waals surface area contributed by atoms with Gasteiger partial charge in [-0.1, -0.05) is 32.4 Å². The second-order valence-electron chi connectivity index (χ2n) is 25.0. The molecule has 4 heterocycles. The number of hydrogen-bond acceptors (Lipinski definition) is 21. The molecule has 3 saturated heterocycles. The van der Waals surface area contributed by atoms with Gasteiger partial charge in [0.15, 0.2) is 18.7 Å². The largest absolute Gasteiger partial charge is 0.477 e. The molecule has 1 saturated carbocycles. The lowest BCUT2D eigenvalue weighted by Crippen LogP contribution is -2.61. The Labute approximate surface area is 504 Å². The van der Waals surface area contributed by atoms with Gasteiger partial charge in [-0.2, -0.15) is 0 Å². The van der Waals surface area contributed by atoms with Crippen LogP contribution >= 0.6 is 11.6 Å². The normalized spacial score (nSPS) is 35.6. The lowest BCUT2D eigenvalue weighted by atomic mass is 9.77. The molecule has 1 amide bonds. The van der Waals surface area contributed by atoms with E-state index in [-0.39, 0.29) is 87.2 Å². The number of esters is 2. The van der Waals surface area contributed by atoms with Gasteiger partial charge in [-0.3, -0.25) is 19.2 Å². The van der Waals surface area contributed by atoms with Gasteiger partial charge in [-0.25, -0.2) is 4.79 Å². The van der Waals surface area contributed by atoms with Crippen molar-refractivity contribution in [1.29, 1.82) is 0 Å². The smallest absolute Gasteiger partial charge is 0.341 e. The summed E-state index contributed by atoms with van der Waals surface area (Å²) >= 11 is 6.56. The summed E-state index contributed by atoms with van der Waals surface area (Å²) < 4.78 is 57.6. The lowest BCUT2D eigenvalue weighted by Gasteiger charge is -2.49. The van der Waals surface area contributed by atoms with Gasteiger partial charge in [0.1, 0.15) is 41.6 Å². The molecule has 2 aromatic rings. The third kappa shape index (κ3) is 17.4. The van der Waals surface area contributed by atoms with E-state index in [0.29, 0.717) is 35.7 Å². The van der Waals surface area contributed by atoms with E-state index in [1.807, 2.05) is 44.8 Å². The summed E-state index contributed by atoms with van der Waals surface area (Å²) in [5.41, 5.74) is -4.65. The van der Waals surface area contributed by atoms with Crippen LogP contribution in [0.1, 0.15) is 131 Å². The Morgan fingerprint density at radius 1 is 0.918 bits per heavy atom. The van der Waals surface area contributed by atoms with Crippen LogP contribution in [0.3, 0.4) is 0 Å². The highest BCUT2D eigenvalue weighted by Gasteiger charge is 2.54. The number of benzene rings is 1. The molecule has 6 rings (SSSR count). The first kappa shape index (κ1) is 70.0. The Balaban J connectivity index is 1.06. The van der Waals surface area contributed by atoms with Crippen molar-refractivity contribution < 1.29 is 87.3 Å². The predicted molar refractivity (Wildman–Crippen MR) is 314 cm³/mol. The van der Waals surface area contributed by atoms with E-state index in [4.69, 9.17) is 54.2 Å². The van der Waals surface area contributed by atoms with E-state index in [9.17, 15) is 49.5 Å². The zero-order valence-electron chi connectivity index (χ0n) is 52.0. The number of carbonyl (C=O) groups is 4. The van der Waals surface area contributed by atoms with Crippen LogP contribution in [0.25, 0.3) is 10.9 Å². The van der Waals surface area contributed by atoms with Crippen LogP contribution in [0.4, 0.5) is 5.69 Å². The number of nitrogens with one attached hydrogen (secondary N) is 2. The number of ether oxygens (including phenoxy) is 9. The summed E-state index contributed by atoms with van der Waals surface area (Å²) in [4.78, 5) is 69.4. The first-order chi connectivity index (χ1) is 39.8. The third-order valence-corrected chi connectivity index (χ3v) is 17.9. The molecule has 1 aliphatic carbocycles. The van der Waals surface area contributed by atoms with E-state index in [0.717, 1.165) is 12.8 Å². The van der Waals surface area contributed by atoms with Crippen molar-refractivity contribution in [2.24, 2.45) is 17.8 Å². The number of nitrogens with zero attached hydrogens (tertiary/aromatic N) is 3. The zero-order chi connectivity index (χ0) is 63.0. The fourth-order valence-corrected chi connectivity index (χ4v) is 12.7. The van der Waals surface area contributed by atoms with Crippen molar-refractivity contribution >= 4 is 52.0 Å². The first-order valence-electron chi connectivity index (χ1n) is 29.9. The third-order valence-electron chi connectivity index (χ3n) is 17.6. The Morgan fingerprint density at radius 3 is 2.21 bits per heavy atom. The van der Waals surface area contributed by atoms with Gasteiger partial charge in [0.25, 0.3) is 0 Å². The fraction of sp³-hybridized carbons (Fsp3) is 0.783. The minimum Gasteiger partial charge on any atom is -0.477 e. The molecule has 0 spiro atoms. The summed E-state index contributed by atoms with van der Waals surface area (Å²) in [6.07, 6.45) is -6.59. The average molecular weight is 1230 g/mol. The number of fused-ring (bicyclic) bond motifs is 1. The van der Waals surface area contributed by atoms with Crippen LogP contribution in [-0.2, 0) is 57.0 Å². The van der Waals surface area contributed by atoms with Crippen molar-refractivity contribution in [3.05, 3.63) is 39.1 Å². The van der Waals surface area contributed by atoms with Crippen LogP contribution in [0.15, 0.2) is 23.1 Å². The summed E-state index contributed by atoms with van der Waals surface area (Å²) in [5.74, 6) is -5.52. The van der Waals surface area contributed by atoms with E-state index >= 15 is 0 Å². The standard InChI is InChI=1S/C60H96ClN5O19/c1-15-45-60(10,76)52(71)36(6)65(13)30-32(2)27-58(8,75)53(85-57-50(70)44(64(11)12)24-33(3)80-57)34(4)51(35(5)56(74)82-45)84-48-28-59(9,77-14)54(37(7)81-48)83-47(68)29-63-46(67)18-20-78-22-23-79-21-19-62-42-25-39-43(26-41(42)61)66(38-16-17-38)31-40(49(39)69)55(72)73/h25-26,31-38,44-45,48,50-54,57,62,70-71,75-76H,15-24,27-30H2,1-14H3,(H,63,67)(H,72,73)/t32-,33-,34+,35-,36-,37+,44+,45-,48?,50-,51+,52-,53-,54+,57+,58-,59-,60-/m1/s1. The quantitative estimate of drug-likeness (QED) is 0.0645. The number of carbonyl (C=O) groups excluding carboxylic acids is 3. The van der Waals surface area contributed by atoms with Crippen molar-refractivity contribution in [3.8, 4) is 0 Å². The Hall–Kier alpha value is -4.12. The molecule has 4 fully saturated rings. The van der Waals surface area contributed by atoms with Crippen LogP contribution in [-0.4, -0.2) is 228 Å². The van der Waals surface area contributed by atoms with Gasteiger partial charge in [0, 0.05) is 68.7 Å². The molecule has 0 radical (unpaired) electrons. The number of hydrogen-bond donors (Lipinski definition) is 7. The number of aliphatic hydroxyl groups is 4. The summed E-state index contributed by atoms with van der Waals surface area (Å²) in [5, 5.41) is 64.1. The van der Waals surface area contributed by atoms with Crippen molar-refractivity contribution in [2.75, 3.05) is 79.6 Å². The molecule has 3 aliphatic heterocycles. The van der Waals surface area contributed by atoms with Crippen molar-refractivity contribution in [3.63, 3.8) is 0 Å². The number of likely N-dealkylation sites (N-methyl/N-ethyl adjacent to an activating group) is 2. The number of methoxy groups -OCH3 is 1. The number of aliphatic hydroxyl groups excluding tert-OH is 2. The van der Waals surface area contributed by atoms with Crippen LogP contribution in [0, 0.1) is 17.8 Å². The van der Waals surface area contributed by atoms with Crippen molar-refractivity contribution in [1.82, 2.24) is 19.7 Å². The number of aromatic carboxylic acids is 1. The molecule has 85 heavy (non-hydrogen) atoms. The molecule has 7 N–H and O–H groups in total. The van der Waals surface area contributed by atoms with Crippen molar-refractivity contribution in [2.45, 2.75) is 211 Å². The predicted octanol–water partition coefficient (Wildman–Crippen LogP) is 4.10. The van der Waals surface area contributed by atoms with Gasteiger partial charge in [0.05, 0.1) is 78.6 Å². The molecule has 0 bridgehead atoms. The van der Waals surface area contributed by atoms with E-state index in [1.54, 1.807) is 65.2 Å². The van der Waals surface area contributed by atoms with Gasteiger partial charge in [-0.05, 0) is 120 Å². The first-order valence-corrected chi connectivity index (χ1v) is 30.3. The molecule has 24 nitrogen and oxygen atoms in total. The minimum absolute atomic E-state index is 0.0336. The Morgan fingerprint density at radius 2 is 1.59 bits per heavy atom. The number of amides is 1. The summed E-state index contributed by atoms with van der Waals surface area (Å²) in [6, 6.07) is 2.40. The van der Waals surface area contributed by atoms with E-state index in [2.05, 4.69) is 10.6 Å². The summed E-state index contributed by atoms with van der Waals surface area (Å²) in [6.45, 7) is 18.1. The maximum Gasteiger partial charge on any atom is 0.341 e. The molecule has 1 unspecified atom stereocenters. The molecule has 1 aromatic carbocycles. The highest BCUT2D eigenvalue weighted by Crippen LogP contribution is 2.42. The molecule has 1 aromatic heterocycles. The second-order valence-corrected chi connectivity index (χ2v) is 25.4. The number of carboxylic acids is 1. The number of carboxylic acid groups (broad SMARTS) is 1. The SMILES string of the molecule is CC[C@H]1OC(=O)[C@H](C)[C@@H](OC2C[C@@](C)(OC)[C@@H](OC(=O)CNC(=O)CCOCCOCCNc3cc4c(=O)c(C(=O)O)cn(C5CC5)c4cc3Cl)[C@H](C)O2)[C@H](C)[C@@H](O[C@@H]2O[C@H](C)C[C@H](N(C)C)[C@H]2O)[C@](C)(O)C[C@@H](C)CN(C)[C@H](C)[C@@H](O)[C@]1(C)O. The number of cyclic esters (lactones) is 1. The highest BCUT2D eigenvalue weighted by molar-refractivity contribution is 6.34. The molecule has 25 heteroatoms. The van der Waals surface area contributed by atoms with Gasteiger partial charge >= 0.3 is 17.9 Å². The van der Waals surface area contributed by atoms with Gasteiger partial charge in [0.2, 0.25) is 11.3 Å². The molecule has 4 aliphatic rings. The molecule has 18 atom stereocenters. The number of rotatable bonds is 22. The number of anilines is 1. The van der Waals surface area contributed by atoms with Crippen LogP contribution in [0.5, 0.6) is 0 Å². The average Bonchev–Trinajstić information content (AvgIpc) is 4.37. The maximum atomic E-state index is 14.6. The fourth-order valence-electron chi connectivity index (χ4n) is 12.4. The van der Waals surface area contributed by atoms with E-state index < -0.39 is 126 Å². The summed E-state index contributed by atoms with van der Waals surface area (Å²) in [7, 11) is 6.98. The highest BCUT2D eigenvalue weighted by atomic mass is 35.5. The zero-order valence-corrected chi connectivity index (χ0v) is 52.8. The Bertz CT molecular complexity index is 2640. The van der Waals surface area contributed by atoms with E-state index in [1.165, 1.54) is 20.2 Å². The minimum atomic E-state index is -1.89. The Kier molecular flexibility index (Phi) is 24.6. The number of aromatic nitrogens is 1. The second kappa shape index (κ2) is 29.9. The molecule has 482 valence electrons.